The molecule has 0 spiro atoms. The molecule has 1 aromatic heterocycles. The Kier molecular flexibility index (Phi) is 4.37. The molecule has 0 aliphatic heterocycles. The molecular weight excluding hydrogens is 212 g/mol. The molecule has 0 saturated heterocycles. The highest BCUT2D eigenvalue weighted by Gasteiger charge is 2.14. The average Bonchev–Trinajstić information content (AvgIpc) is 2.38. The number of rotatable bonds is 4. The van der Waals surface area contributed by atoms with Crippen molar-refractivity contribution < 1.29 is 4.74 Å². The Bertz CT molecular complexity index is 359. The standard InChI is InChI=1S/C14H22N2O/c1-11-7-14(13(8-15)9-16-11)17-10-12-5-3-2-4-6-12/h7,9,12H,2-6,8,10,15H2,1H3. The van der Waals surface area contributed by atoms with E-state index in [2.05, 4.69) is 4.98 Å². The summed E-state index contributed by atoms with van der Waals surface area (Å²) >= 11 is 0. The second kappa shape index (κ2) is 6.01. The normalized spacial score (nSPS) is 17.1. The first-order valence-electron chi connectivity index (χ1n) is 6.58. The number of ether oxygens (including phenoxy) is 1. The van der Waals surface area contributed by atoms with Gasteiger partial charge in [-0.1, -0.05) is 19.3 Å². The lowest BCUT2D eigenvalue weighted by Gasteiger charge is -2.22. The van der Waals surface area contributed by atoms with Gasteiger partial charge in [0.1, 0.15) is 5.75 Å². The van der Waals surface area contributed by atoms with E-state index >= 15 is 0 Å². The van der Waals surface area contributed by atoms with Crippen molar-refractivity contribution in [2.45, 2.75) is 45.6 Å². The summed E-state index contributed by atoms with van der Waals surface area (Å²) < 4.78 is 5.93. The fourth-order valence-electron chi connectivity index (χ4n) is 2.41. The first kappa shape index (κ1) is 12.4. The Hall–Kier alpha value is -1.09. The summed E-state index contributed by atoms with van der Waals surface area (Å²) in [6, 6.07) is 1.99. The molecule has 0 amide bonds. The maximum atomic E-state index is 5.93. The number of pyridine rings is 1. The zero-order valence-electron chi connectivity index (χ0n) is 10.6. The Morgan fingerprint density at radius 2 is 2.12 bits per heavy atom. The number of hydrogen-bond donors (Lipinski definition) is 1. The maximum absolute atomic E-state index is 5.93. The highest BCUT2D eigenvalue weighted by molar-refractivity contribution is 5.32. The summed E-state index contributed by atoms with van der Waals surface area (Å²) in [6.07, 6.45) is 8.54. The number of hydrogen-bond acceptors (Lipinski definition) is 3. The molecule has 1 aromatic rings. The molecule has 0 aromatic carbocycles. The minimum Gasteiger partial charge on any atom is -0.493 e. The summed E-state index contributed by atoms with van der Waals surface area (Å²) in [4.78, 5) is 4.25. The minimum absolute atomic E-state index is 0.493. The summed E-state index contributed by atoms with van der Waals surface area (Å²) in [6.45, 7) is 3.30. The van der Waals surface area contributed by atoms with Crippen molar-refractivity contribution in [3.05, 3.63) is 23.5 Å². The van der Waals surface area contributed by atoms with Crippen molar-refractivity contribution in [1.29, 1.82) is 0 Å². The molecule has 94 valence electrons. The van der Waals surface area contributed by atoms with Gasteiger partial charge in [-0.15, -0.1) is 0 Å². The molecule has 2 N–H and O–H groups in total. The van der Waals surface area contributed by atoms with E-state index in [9.17, 15) is 0 Å². The largest absolute Gasteiger partial charge is 0.493 e. The van der Waals surface area contributed by atoms with E-state index in [1.165, 1.54) is 32.1 Å². The molecule has 1 heterocycles. The van der Waals surface area contributed by atoms with Crippen molar-refractivity contribution in [1.82, 2.24) is 4.98 Å². The Morgan fingerprint density at radius 3 is 2.82 bits per heavy atom. The molecule has 0 radical (unpaired) electrons. The molecule has 0 unspecified atom stereocenters. The smallest absolute Gasteiger partial charge is 0.127 e. The van der Waals surface area contributed by atoms with Crippen molar-refractivity contribution in [3.8, 4) is 5.75 Å². The first-order chi connectivity index (χ1) is 8.29. The predicted molar refractivity (Wildman–Crippen MR) is 68.9 cm³/mol. The number of nitrogens with two attached hydrogens (primary N) is 1. The van der Waals surface area contributed by atoms with Gasteiger partial charge in [-0.05, 0) is 25.7 Å². The van der Waals surface area contributed by atoms with E-state index in [0.29, 0.717) is 6.54 Å². The molecule has 1 saturated carbocycles. The lowest BCUT2D eigenvalue weighted by Crippen LogP contribution is -2.16. The van der Waals surface area contributed by atoms with E-state index in [-0.39, 0.29) is 0 Å². The summed E-state index contributed by atoms with van der Waals surface area (Å²) in [5, 5.41) is 0. The topological polar surface area (TPSA) is 48.1 Å². The van der Waals surface area contributed by atoms with Gasteiger partial charge < -0.3 is 10.5 Å². The fraction of sp³-hybridized carbons (Fsp3) is 0.643. The van der Waals surface area contributed by atoms with Crippen LogP contribution in [0.15, 0.2) is 12.3 Å². The van der Waals surface area contributed by atoms with Gasteiger partial charge >= 0.3 is 0 Å². The van der Waals surface area contributed by atoms with Crippen LogP contribution in [0.5, 0.6) is 5.75 Å². The van der Waals surface area contributed by atoms with Crippen molar-refractivity contribution in [3.63, 3.8) is 0 Å². The third-order valence-electron chi connectivity index (χ3n) is 3.50. The lowest BCUT2D eigenvalue weighted by atomic mass is 9.90. The summed E-state index contributed by atoms with van der Waals surface area (Å²) in [5.74, 6) is 1.65. The van der Waals surface area contributed by atoms with Gasteiger partial charge in [0.05, 0.1) is 6.61 Å². The average molecular weight is 234 g/mol. The molecule has 2 rings (SSSR count). The molecule has 3 heteroatoms. The predicted octanol–water partition coefficient (Wildman–Crippen LogP) is 2.81. The van der Waals surface area contributed by atoms with Gasteiger partial charge in [0.25, 0.3) is 0 Å². The monoisotopic (exact) mass is 234 g/mol. The van der Waals surface area contributed by atoms with Crippen LogP contribution in [0.3, 0.4) is 0 Å². The van der Waals surface area contributed by atoms with Gasteiger partial charge in [0.2, 0.25) is 0 Å². The van der Waals surface area contributed by atoms with Gasteiger partial charge in [0, 0.05) is 30.1 Å². The van der Waals surface area contributed by atoms with Crippen molar-refractivity contribution in [2.24, 2.45) is 11.7 Å². The Morgan fingerprint density at radius 1 is 1.35 bits per heavy atom. The SMILES string of the molecule is Cc1cc(OCC2CCCCC2)c(CN)cn1. The third kappa shape index (κ3) is 3.43. The van der Waals surface area contributed by atoms with Crippen molar-refractivity contribution in [2.75, 3.05) is 6.61 Å². The van der Waals surface area contributed by atoms with Gasteiger partial charge in [-0.3, -0.25) is 4.98 Å². The van der Waals surface area contributed by atoms with Crippen LogP contribution in [0.25, 0.3) is 0 Å². The van der Waals surface area contributed by atoms with Crippen LogP contribution in [-0.4, -0.2) is 11.6 Å². The van der Waals surface area contributed by atoms with Crippen LogP contribution in [0, 0.1) is 12.8 Å². The van der Waals surface area contributed by atoms with E-state index in [1.807, 2.05) is 19.2 Å². The molecule has 1 fully saturated rings. The quantitative estimate of drug-likeness (QED) is 0.871. The summed E-state index contributed by atoms with van der Waals surface area (Å²) in [7, 11) is 0. The molecule has 0 atom stereocenters. The molecular formula is C14H22N2O. The number of aromatic nitrogens is 1. The molecule has 1 aliphatic rings. The van der Waals surface area contributed by atoms with Gasteiger partial charge in [-0.2, -0.15) is 0 Å². The highest BCUT2D eigenvalue weighted by atomic mass is 16.5. The van der Waals surface area contributed by atoms with E-state index in [4.69, 9.17) is 10.5 Å². The minimum atomic E-state index is 0.493. The van der Waals surface area contributed by atoms with Crippen LogP contribution < -0.4 is 10.5 Å². The molecule has 3 nitrogen and oxygen atoms in total. The lowest BCUT2D eigenvalue weighted by molar-refractivity contribution is 0.207. The zero-order valence-corrected chi connectivity index (χ0v) is 10.6. The van der Waals surface area contributed by atoms with Crippen LogP contribution in [-0.2, 0) is 6.54 Å². The molecule has 17 heavy (non-hydrogen) atoms. The molecule has 0 bridgehead atoms. The summed E-state index contributed by atoms with van der Waals surface area (Å²) in [5.41, 5.74) is 7.68. The third-order valence-corrected chi connectivity index (χ3v) is 3.50. The Balaban J connectivity index is 1.95. The molecule has 1 aliphatic carbocycles. The second-order valence-electron chi connectivity index (χ2n) is 4.95. The number of aryl methyl sites for hydroxylation is 1. The maximum Gasteiger partial charge on any atom is 0.127 e. The Labute approximate surface area is 103 Å². The van der Waals surface area contributed by atoms with Gasteiger partial charge in [-0.25, -0.2) is 0 Å². The van der Waals surface area contributed by atoms with Crippen molar-refractivity contribution >= 4 is 0 Å². The van der Waals surface area contributed by atoms with E-state index in [0.717, 1.165) is 29.5 Å². The van der Waals surface area contributed by atoms with Crippen LogP contribution in [0.2, 0.25) is 0 Å². The fourth-order valence-corrected chi connectivity index (χ4v) is 2.41. The van der Waals surface area contributed by atoms with Gasteiger partial charge in [0.15, 0.2) is 0 Å². The van der Waals surface area contributed by atoms with Crippen LogP contribution in [0.4, 0.5) is 0 Å². The highest BCUT2D eigenvalue weighted by Crippen LogP contribution is 2.25. The number of nitrogens with zero attached hydrogens (tertiary/aromatic N) is 1. The first-order valence-corrected chi connectivity index (χ1v) is 6.58. The zero-order chi connectivity index (χ0) is 12.1. The van der Waals surface area contributed by atoms with Crippen LogP contribution >= 0.6 is 0 Å². The van der Waals surface area contributed by atoms with E-state index in [1.54, 1.807) is 0 Å². The second-order valence-corrected chi connectivity index (χ2v) is 4.95. The van der Waals surface area contributed by atoms with Crippen LogP contribution in [0.1, 0.15) is 43.4 Å². The van der Waals surface area contributed by atoms with E-state index < -0.39 is 0 Å².